The number of ether oxygens (including phenoxy) is 2. The smallest absolute Gasteiger partial charge is 0.419 e. The number of benzene rings is 1. The van der Waals surface area contributed by atoms with Crippen molar-refractivity contribution in [1.29, 1.82) is 0 Å². The Morgan fingerprint density at radius 3 is 2.55 bits per heavy atom. The van der Waals surface area contributed by atoms with Crippen LogP contribution in [0, 0.1) is 0 Å². The lowest BCUT2D eigenvalue weighted by Crippen LogP contribution is -2.27. The number of nitrogens with zero attached hydrogens (tertiary/aromatic N) is 5. The molecule has 4 rings (SSSR count). The average Bonchev–Trinajstić information content (AvgIpc) is 3.25. The molecule has 0 bridgehead atoms. The molecule has 162 valence electrons. The van der Waals surface area contributed by atoms with E-state index in [2.05, 4.69) is 9.97 Å². The first-order valence-electron chi connectivity index (χ1n) is 10.0. The monoisotopic (exact) mass is 422 g/mol. The van der Waals surface area contributed by atoms with Crippen LogP contribution < -0.4 is 10.5 Å². The first kappa shape index (κ1) is 20.6. The fraction of sp³-hybridized carbons (Fsp3) is 0.364. The van der Waals surface area contributed by atoms with E-state index in [0.717, 1.165) is 5.39 Å². The topological polar surface area (TPSA) is 110 Å². The average molecular weight is 422 g/mol. The van der Waals surface area contributed by atoms with Gasteiger partial charge in [0.25, 0.3) is 0 Å². The molecule has 0 radical (unpaired) electrons. The number of fused-ring (bicyclic) bond motifs is 2. The van der Waals surface area contributed by atoms with E-state index in [-0.39, 0.29) is 6.04 Å². The Bertz CT molecular complexity index is 1300. The molecule has 2 N–H and O–H groups in total. The molecule has 0 aliphatic carbocycles. The Morgan fingerprint density at radius 2 is 1.90 bits per heavy atom. The first-order valence-corrected chi connectivity index (χ1v) is 10.0. The molecule has 0 aliphatic rings. The second kappa shape index (κ2) is 7.26. The molecule has 0 amide bonds. The van der Waals surface area contributed by atoms with Crippen LogP contribution in [0.25, 0.3) is 33.3 Å². The van der Waals surface area contributed by atoms with Crippen molar-refractivity contribution in [3.63, 3.8) is 0 Å². The van der Waals surface area contributed by atoms with E-state index >= 15 is 0 Å². The highest BCUT2D eigenvalue weighted by atomic mass is 16.6. The fourth-order valence-corrected chi connectivity index (χ4v) is 3.53. The molecule has 3 heterocycles. The molecule has 0 atom stereocenters. The van der Waals surface area contributed by atoms with E-state index < -0.39 is 11.7 Å². The molecule has 0 saturated carbocycles. The summed E-state index contributed by atoms with van der Waals surface area (Å²) in [6.07, 6.45) is 0.904. The van der Waals surface area contributed by atoms with Crippen LogP contribution in [0.5, 0.6) is 5.75 Å². The zero-order valence-electron chi connectivity index (χ0n) is 18.5. The summed E-state index contributed by atoms with van der Waals surface area (Å²) in [4.78, 5) is 21.8. The predicted molar refractivity (Wildman–Crippen MR) is 119 cm³/mol. The molecule has 4 aromatic rings. The number of nitrogen functional groups attached to an aromatic ring is 1. The highest BCUT2D eigenvalue weighted by Crippen LogP contribution is 2.36. The molecule has 9 nitrogen and oxygen atoms in total. The van der Waals surface area contributed by atoms with Crippen LogP contribution in [0.1, 0.15) is 40.7 Å². The van der Waals surface area contributed by atoms with Crippen LogP contribution in [0.3, 0.4) is 0 Å². The number of aromatic nitrogens is 5. The normalized spacial score (nSPS) is 12.1. The second-order valence-electron chi connectivity index (χ2n) is 8.61. The van der Waals surface area contributed by atoms with Crippen molar-refractivity contribution >= 4 is 33.8 Å². The quantitative estimate of drug-likeness (QED) is 0.521. The van der Waals surface area contributed by atoms with Crippen LogP contribution in [0.4, 0.5) is 10.6 Å². The summed E-state index contributed by atoms with van der Waals surface area (Å²) in [5, 5.41) is 6.17. The van der Waals surface area contributed by atoms with Gasteiger partial charge in [0.05, 0.1) is 23.7 Å². The number of hydrogen-bond acceptors (Lipinski definition) is 7. The minimum absolute atomic E-state index is 0.0324. The number of rotatable bonds is 3. The van der Waals surface area contributed by atoms with Gasteiger partial charge in [-0.1, -0.05) is 0 Å². The zero-order valence-corrected chi connectivity index (χ0v) is 18.5. The summed E-state index contributed by atoms with van der Waals surface area (Å²) >= 11 is 0. The summed E-state index contributed by atoms with van der Waals surface area (Å²) in [6.45, 7) is 9.49. The van der Waals surface area contributed by atoms with Crippen molar-refractivity contribution in [2.24, 2.45) is 0 Å². The molecule has 0 spiro atoms. The number of carbonyl (C=O) groups excluding carboxylic acids is 1. The Balaban J connectivity index is 2.06. The highest BCUT2D eigenvalue weighted by molar-refractivity contribution is 6.03. The van der Waals surface area contributed by atoms with Crippen LogP contribution in [0.15, 0.2) is 30.6 Å². The Hall–Kier alpha value is -3.62. The third kappa shape index (κ3) is 3.56. The predicted octanol–water partition coefficient (Wildman–Crippen LogP) is 4.40. The Labute approximate surface area is 179 Å². The summed E-state index contributed by atoms with van der Waals surface area (Å²) in [6, 6.07) is 7.39. The van der Waals surface area contributed by atoms with Crippen molar-refractivity contribution in [2.45, 2.75) is 46.3 Å². The van der Waals surface area contributed by atoms with Gasteiger partial charge in [-0.25, -0.2) is 24.0 Å². The van der Waals surface area contributed by atoms with Crippen LogP contribution in [-0.4, -0.2) is 43.1 Å². The van der Waals surface area contributed by atoms with Gasteiger partial charge in [0.1, 0.15) is 29.2 Å². The lowest BCUT2D eigenvalue weighted by Gasteiger charge is -2.20. The SMILES string of the molecule is COc1ccc2c(c1)cc(-c1nn(C(C)C)c3ncnc(N)c13)n2C(=O)OC(C)(C)C. The van der Waals surface area contributed by atoms with Gasteiger partial charge in [0.15, 0.2) is 5.65 Å². The van der Waals surface area contributed by atoms with Crippen molar-refractivity contribution in [2.75, 3.05) is 12.8 Å². The summed E-state index contributed by atoms with van der Waals surface area (Å²) in [5.74, 6) is 0.978. The number of carbonyl (C=O) groups is 1. The number of anilines is 1. The summed E-state index contributed by atoms with van der Waals surface area (Å²) in [7, 11) is 1.60. The van der Waals surface area contributed by atoms with Crippen LogP contribution in [-0.2, 0) is 4.74 Å². The molecule has 0 fully saturated rings. The van der Waals surface area contributed by atoms with E-state index in [9.17, 15) is 4.79 Å². The van der Waals surface area contributed by atoms with Gasteiger partial charge < -0.3 is 15.2 Å². The molecular formula is C22H26N6O3. The number of hydrogen-bond donors (Lipinski definition) is 1. The molecule has 0 saturated heterocycles. The molecule has 31 heavy (non-hydrogen) atoms. The van der Waals surface area contributed by atoms with Crippen LogP contribution in [0.2, 0.25) is 0 Å². The lowest BCUT2D eigenvalue weighted by atomic mass is 10.2. The van der Waals surface area contributed by atoms with Crippen LogP contribution >= 0.6 is 0 Å². The van der Waals surface area contributed by atoms with E-state index in [1.807, 2.05) is 52.8 Å². The lowest BCUT2D eigenvalue weighted by molar-refractivity contribution is 0.0547. The zero-order chi connectivity index (χ0) is 22.5. The third-order valence-electron chi connectivity index (χ3n) is 4.83. The van der Waals surface area contributed by atoms with Gasteiger partial charge in [-0.15, -0.1) is 0 Å². The maximum absolute atomic E-state index is 13.3. The van der Waals surface area contributed by atoms with E-state index in [4.69, 9.17) is 20.3 Å². The molecule has 1 aromatic carbocycles. The van der Waals surface area contributed by atoms with E-state index in [1.54, 1.807) is 17.9 Å². The van der Waals surface area contributed by atoms with Crippen molar-refractivity contribution < 1.29 is 14.3 Å². The minimum atomic E-state index is -0.668. The van der Waals surface area contributed by atoms with Crippen molar-refractivity contribution in [1.82, 2.24) is 24.3 Å². The number of methoxy groups -OCH3 is 1. The number of nitrogens with two attached hydrogens (primary N) is 1. The van der Waals surface area contributed by atoms with Gasteiger partial charge in [0.2, 0.25) is 0 Å². The first-order chi connectivity index (χ1) is 14.6. The largest absolute Gasteiger partial charge is 0.497 e. The molecule has 0 unspecified atom stereocenters. The Kier molecular flexibility index (Phi) is 4.83. The summed E-state index contributed by atoms with van der Waals surface area (Å²) in [5.41, 5.74) is 7.90. The van der Waals surface area contributed by atoms with Gasteiger partial charge in [0, 0.05) is 11.4 Å². The van der Waals surface area contributed by atoms with Gasteiger partial charge >= 0.3 is 6.09 Å². The molecule has 0 aliphatic heterocycles. The van der Waals surface area contributed by atoms with E-state index in [0.29, 0.717) is 39.5 Å². The van der Waals surface area contributed by atoms with Crippen molar-refractivity contribution in [3.05, 3.63) is 30.6 Å². The Morgan fingerprint density at radius 1 is 1.16 bits per heavy atom. The molecule has 9 heteroatoms. The molecule has 3 aromatic heterocycles. The maximum Gasteiger partial charge on any atom is 0.419 e. The second-order valence-corrected chi connectivity index (χ2v) is 8.61. The fourth-order valence-electron chi connectivity index (χ4n) is 3.53. The van der Waals surface area contributed by atoms with Gasteiger partial charge in [-0.3, -0.25) is 0 Å². The third-order valence-corrected chi connectivity index (χ3v) is 4.83. The van der Waals surface area contributed by atoms with Gasteiger partial charge in [-0.2, -0.15) is 5.10 Å². The van der Waals surface area contributed by atoms with Crippen molar-refractivity contribution in [3.8, 4) is 17.1 Å². The standard InChI is InChI=1S/C22H26N6O3/c1-12(2)28-20-17(19(23)24-11-25-20)18(26-28)16-10-13-9-14(30-6)7-8-15(13)27(16)21(29)31-22(3,4)5/h7-12H,1-6H3,(H2,23,24,25). The minimum Gasteiger partial charge on any atom is -0.497 e. The van der Waals surface area contributed by atoms with E-state index in [1.165, 1.54) is 10.9 Å². The highest BCUT2D eigenvalue weighted by Gasteiger charge is 2.27. The molecular weight excluding hydrogens is 396 g/mol. The summed E-state index contributed by atoms with van der Waals surface area (Å²) < 4.78 is 14.4. The van der Waals surface area contributed by atoms with Gasteiger partial charge in [-0.05, 0) is 58.9 Å². The maximum atomic E-state index is 13.3.